The second kappa shape index (κ2) is 14.8. The van der Waals surface area contributed by atoms with E-state index in [1.807, 2.05) is 0 Å². The summed E-state index contributed by atoms with van der Waals surface area (Å²) in [6.45, 7) is 4.55. The van der Waals surface area contributed by atoms with Crippen LogP contribution in [0.1, 0.15) is 110 Å². The van der Waals surface area contributed by atoms with Crippen LogP contribution in [0.15, 0.2) is 0 Å². The van der Waals surface area contributed by atoms with Crippen molar-refractivity contribution in [3.05, 3.63) is 0 Å². The lowest BCUT2D eigenvalue weighted by Crippen LogP contribution is -2.39. The average molecular weight is 333 g/mol. The van der Waals surface area contributed by atoms with Crippen molar-refractivity contribution in [1.82, 2.24) is 0 Å². The number of quaternary nitrogens is 1. The highest BCUT2D eigenvalue weighted by Gasteiger charge is 2.24. The van der Waals surface area contributed by atoms with Gasteiger partial charge in [-0.2, -0.15) is 0 Å². The van der Waals surface area contributed by atoms with Crippen molar-refractivity contribution < 1.29 is 4.00 Å². The normalized spacial score (nSPS) is 13.5. The lowest BCUT2D eigenvalue weighted by atomic mass is 10.0. The number of unbranched alkanes of at least 4 members (excludes halogenated alkanes) is 12. The predicted molar refractivity (Wildman–Crippen MR) is 102 cm³/mol. The molecule has 0 radical (unpaired) electrons. The van der Waals surface area contributed by atoms with E-state index in [1.54, 1.807) is 0 Å². The molecule has 0 N–H and O–H groups in total. The monoisotopic (exact) mass is 332 g/mol. The van der Waals surface area contributed by atoms with Crippen LogP contribution in [0, 0.1) is 0 Å². The molecule has 134 valence electrons. The second-order valence-corrected chi connectivity index (χ2v) is 8.36. The molecule has 1 nitrogen and oxygen atoms in total. The van der Waals surface area contributed by atoms with Gasteiger partial charge in [-0.3, -0.25) is 0 Å². The van der Waals surface area contributed by atoms with E-state index in [2.05, 4.69) is 27.9 Å². The highest BCUT2D eigenvalue weighted by atomic mass is 35.5. The van der Waals surface area contributed by atoms with Crippen molar-refractivity contribution in [1.29, 1.82) is 0 Å². The highest BCUT2D eigenvalue weighted by molar-refractivity contribution is 6.06. The Labute approximate surface area is 146 Å². The molecule has 0 heterocycles. The minimum atomic E-state index is 0.606. The zero-order valence-electron chi connectivity index (χ0n) is 16.0. The maximum absolute atomic E-state index is 6.39. The van der Waals surface area contributed by atoms with Gasteiger partial charge >= 0.3 is 0 Å². The Morgan fingerprint density at radius 2 is 1.00 bits per heavy atom. The third kappa shape index (κ3) is 13.9. The smallest absolute Gasteiger partial charge is 0.165 e. The van der Waals surface area contributed by atoms with Crippen molar-refractivity contribution >= 4 is 11.8 Å². The molecule has 1 atom stereocenters. The van der Waals surface area contributed by atoms with Gasteiger partial charge in [-0.15, -0.1) is 0 Å². The molecule has 1 unspecified atom stereocenters. The van der Waals surface area contributed by atoms with Crippen molar-refractivity contribution in [3.63, 3.8) is 0 Å². The molecule has 0 amide bonds. The lowest BCUT2D eigenvalue weighted by molar-refractivity contribution is -0.801. The summed E-state index contributed by atoms with van der Waals surface area (Å²) in [5, 5.41) is 0. The quantitative estimate of drug-likeness (QED) is 0.203. The molecular weight excluding hydrogens is 290 g/mol. The van der Waals surface area contributed by atoms with Crippen LogP contribution in [0.25, 0.3) is 0 Å². The van der Waals surface area contributed by atoms with Crippen molar-refractivity contribution in [2.75, 3.05) is 14.1 Å². The summed E-state index contributed by atoms with van der Waals surface area (Å²) >= 11 is 6.39. The predicted octanol–water partition coefficient (Wildman–Crippen LogP) is 7.48. The topological polar surface area (TPSA) is 0 Å². The van der Waals surface area contributed by atoms with Crippen LogP contribution in [-0.4, -0.2) is 24.1 Å². The molecule has 0 saturated carbocycles. The van der Waals surface area contributed by atoms with Gasteiger partial charge in [0.15, 0.2) is 11.8 Å². The zero-order chi connectivity index (χ0) is 16.7. The molecule has 0 aliphatic rings. The Bertz CT molecular complexity index is 222. The summed E-state index contributed by atoms with van der Waals surface area (Å²) in [6, 6.07) is 0.620. The number of hydrogen-bond acceptors (Lipinski definition) is 0. The Balaban J connectivity index is 3.24. The van der Waals surface area contributed by atoms with E-state index in [0.29, 0.717) is 10.0 Å². The SMILES string of the molecule is CCCCCCCCCCCCCCCC(CC)[N+](C)(C)Cl. The fourth-order valence-electron chi connectivity index (χ4n) is 3.34. The number of rotatable bonds is 16. The van der Waals surface area contributed by atoms with Gasteiger partial charge in [-0.05, 0) is 12.8 Å². The lowest BCUT2D eigenvalue weighted by Gasteiger charge is -2.28. The largest absolute Gasteiger partial charge is 0.224 e. The molecule has 22 heavy (non-hydrogen) atoms. The van der Waals surface area contributed by atoms with Crippen LogP contribution < -0.4 is 0 Å². The summed E-state index contributed by atoms with van der Waals surface area (Å²) in [5.41, 5.74) is 0. The minimum absolute atomic E-state index is 0.606. The molecular formula is C20H43ClN+. The fraction of sp³-hybridized carbons (Fsp3) is 1.00. The first-order valence-corrected chi connectivity index (χ1v) is 10.4. The van der Waals surface area contributed by atoms with E-state index < -0.39 is 0 Å². The van der Waals surface area contributed by atoms with Gasteiger partial charge in [-0.1, -0.05) is 90.9 Å². The van der Waals surface area contributed by atoms with Gasteiger partial charge < -0.3 is 0 Å². The van der Waals surface area contributed by atoms with Gasteiger partial charge in [0, 0.05) is 6.42 Å². The summed E-state index contributed by atoms with van der Waals surface area (Å²) in [7, 11) is 4.22. The fourth-order valence-corrected chi connectivity index (χ4v) is 3.58. The van der Waals surface area contributed by atoms with Gasteiger partial charge in [0.1, 0.15) is 6.04 Å². The number of nitrogens with zero attached hydrogens (tertiary/aromatic N) is 1. The number of hydrogen-bond donors (Lipinski definition) is 0. The summed E-state index contributed by atoms with van der Waals surface area (Å²) in [4.78, 5) is 0. The van der Waals surface area contributed by atoms with E-state index in [9.17, 15) is 0 Å². The van der Waals surface area contributed by atoms with Gasteiger partial charge in [0.2, 0.25) is 0 Å². The van der Waals surface area contributed by atoms with Crippen LogP contribution >= 0.6 is 11.8 Å². The molecule has 0 spiro atoms. The van der Waals surface area contributed by atoms with Crippen molar-refractivity contribution in [2.24, 2.45) is 0 Å². The molecule has 0 aromatic heterocycles. The van der Waals surface area contributed by atoms with Crippen LogP contribution in [0.2, 0.25) is 0 Å². The maximum Gasteiger partial charge on any atom is 0.165 e. The van der Waals surface area contributed by atoms with Crippen LogP contribution in [-0.2, 0) is 0 Å². The molecule has 0 aromatic rings. The molecule has 0 aliphatic carbocycles. The van der Waals surface area contributed by atoms with E-state index in [0.717, 1.165) is 0 Å². The first-order chi connectivity index (χ1) is 10.5. The minimum Gasteiger partial charge on any atom is -0.224 e. The Kier molecular flexibility index (Phi) is 15.0. The summed E-state index contributed by atoms with van der Waals surface area (Å²) < 4.78 is 0.606. The van der Waals surface area contributed by atoms with E-state index >= 15 is 0 Å². The zero-order valence-corrected chi connectivity index (χ0v) is 16.8. The molecule has 2 heteroatoms. The first kappa shape index (κ1) is 22.2. The van der Waals surface area contributed by atoms with Crippen molar-refractivity contribution in [2.45, 2.75) is 116 Å². The van der Waals surface area contributed by atoms with E-state index in [4.69, 9.17) is 11.8 Å². The molecule has 0 aliphatic heterocycles. The third-order valence-corrected chi connectivity index (χ3v) is 5.26. The summed E-state index contributed by atoms with van der Waals surface area (Å²) in [6.07, 6.45) is 21.1. The Morgan fingerprint density at radius 1 is 0.636 bits per heavy atom. The van der Waals surface area contributed by atoms with Crippen LogP contribution in [0.5, 0.6) is 0 Å². The van der Waals surface area contributed by atoms with Gasteiger partial charge in [0.25, 0.3) is 0 Å². The second-order valence-electron chi connectivity index (χ2n) is 7.49. The standard InChI is InChI=1S/C20H43ClN/c1-5-7-8-9-10-11-12-13-14-15-16-17-18-19-20(6-2)22(3,4)21/h20H,5-19H2,1-4H3/q+1. The van der Waals surface area contributed by atoms with E-state index in [-0.39, 0.29) is 0 Å². The summed E-state index contributed by atoms with van der Waals surface area (Å²) in [5.74, 6) is 0. The molecule has 0 saturated heterocycles. The first-order valence-electron chi connectivity index (χ1n) is 10.1. The van der Waals surface area contributed by atoms with Crippen LogP contribution in [0.4, 0.5) is 0 Å². The molecule has 0 fully saturated rings. The average Bonchev–Trinajstić information content (AvgIpc) is 2.46. The van der Waals surface area contributed by atoms with Crippen LogP contribution in [0.3, 0.4) is 0 Å². The molecule has 0 bridgehead atoms. The van der Waals surface area contributed by atoms with Gasteiger partial charge in [-0.25, -0.2) is 4.00 Å². The van der Waals surface area contributed by atoms with Gasteiger partial charge in [0.05, 0.1) is 14.1 Å². The third-order valence-electron chi connectivity index (χ3n) is 4.98. The number of halogens is 1. The Hall–Kier alpha value is 0.250. The maximum atomic E-state index is 6.39. The van der Waals surface area contributed by atoms with E-state index in [1.165, 1.54) is 96.3 Å². The molecule has 0 aromatic carbocycles. The molecule has 0 rings (SSSR count). The van der Waals surface area contributed by atoms with Crippen molar-refractivity contribution in [3.8, 4) is 0 Å². The Morgan fingerprint density at radius 3 is 1.32 bits per heavy atom. The highest BCUT2D eigenvalue weighted by Crippen LogP contribution is 2.21.